The van der Waals surface area contributed by atoms with E-state index in [2.05, 4.69) is 34.2 Å². The number of imidazole rings is 1. The van der Waals surface area contributed by atoms with E-state index in [9.17, 15) is 9.18 Å². The third-order valence-electron chi connectivity index (χ3n) is 5.70. The van der Waals surface area contributed by atoms with Gasteiger partial charge in [-0.25, -0.2) is 9.37 Å². The number of carbonyl (C=O) groups excluding carboxylic acids is 1. The van der Waals surface area contributed by atoms with Crippen LogP contribution in [0.3, 0.4) is 0 Å². The average Bonchev–Trinajstić information content (AvgIpc) is 3.41. The lowest BCUT2D eigenvalue weighted by molar-refractivity contribution is 0.0644. The fourth-order valence-electron chi connectivity index (χ4n) is 3.90. The van der Waals surface area contributed by atoms with Gasteiger partial charge in [-0.2, -0.15) is 0 Å². The van der Waals surface area contributed by atoms with Crippen LogP contribution in [0.2, 0.25) is 0 Å². The Balaban J connectivity index is 1.22. The van der Waals surface area contributed by atoms with Gasteiger partial charge < -0.3 is 4.90 Å². The number of carbonyl (C=O) groups is 1. The van der Waals surface area contributed by atoms with E-state index in [1.807, 2.05) is 39.1 Å². The smallest absolute Gasteiger partial charge is 0.271 e. The fraction of sp³-hybridized carbons (Fsp3) is 0.200. The SMILES string of the molecule is O=C(c1csc2nc(-c3ccc(F)cc3)cn12)N1CCN(C/C=C/c2ccccc2)CC1. The first-order valence-electron chi connectivity index (χ1n) is 10.6. The Hall–Kier alpha value is -3.29. The van der Waals surface area contributed by atoms with Gasteiger partial charge in [-0.1, -0.05) is 42.5 Å². The van der Waals surface area contributed by atoms with E-state index in [0.717, 1.165) is 35.9 Å². The van der Waals surface area contributed by atoms with E-state index in [4.69, 9.17) is 0 Å². The molecule has 4 aromatic rings. The molecule has 3 heterocycles. The molecule has 1 saturated heterocycles. The summed E-state index contributed by atoms with van der Waals surface area (Å²) in [5.41, 5.74) is 3.39. The molecule has 0 bridgehead atoms. The summed E-state index contributed by atoms with van der Waals surface area (Å²) in [6, 6.07) is 16.5. The summed E-state index contributed by atoms with van der Waals surface area (Å²) in [7, 11) is 0. The van der Waals surface area contributed by atoms with E-state index < -0.39 is 0 Å². The van der Waals surface area contributed by atoms with E-state index in [0.29, 0.717) is 18.8 Å². The van der Waals surface area contributed by atoms with Crippen LogP contribution in [0.15, 0.2) is 72.3 Å². The molecule has 0 spiro atoms. The molecule has 32 heavy (non-hydrogen) atoms. The fourth-order valence-corrected chi connectivity index (χ4v) is 4.74. The Labute approximate surface area is 190 Å². The van der Waals surface area contributed by atoms with Crippen LogP contribution in [0.4, 0.5) is 4.39 Å². The van der Waals surface area contributed by atoms with Gasteiger partial charge in [0.1, 0.15) is 11.5 Å². The maximum atomic E-state index is 13.2. The number of hydrogen-bond donors (Lipinski definition) is 0. The first-order chi connectivity index (χ1) is 15.7. The van der Waals surface area contributed by atoms with Crippen molar-refractivity contribution in [3.63, 3.8) is 0 Å². The Bertz CT molecular complexity index is 1240. The van der Waals surface area contributed by atoms with Crippen molar-refractivity contribution in [3.05, 3.63) is 89.3 Å². The van der Waals surface area contributed by atoms with Gasteiger partial charge in [0.25, 0.3) is 5.91 Å². The van der Waals surface area contributed by atoms with Crippen molar-refractivity contribution in [1.82, 2.24) is 19.2 Å². The van der Waals surface area contributed by atoms with Crippen molar-refractivity contribution < 1.29 is 9.18 Å². The first-order valence-corrected chi connectivity index (χ1v) is 11.5. The molecule has 5 rings (SSSR count). The third kappa shape index (κ3) is 4.35. The zero-order valence-electron chi connectivity index (χ0n) is 17.5. The van der Waals surface area contributed by atoms with E-state index in [-0.39, 0.29) is 11.7 Å². The number of halogens is 1. The van der Waals surface area contributed by atoms with Crippen molar-refractivity contribution >= 4 is 28.3 Å². The maximum Gasteiger partial charge on any atom is 0.271 e. The summed E-state index contributed by atoms with van der Waals surface area (Å²) >= 11 is 1.45. The van der Waals surface area contributed by atoms with Gasteiger partial charge in [0.05, 0.1) is 5.69 Å². The van der Waals surface area contributed by atoms with Gasteiger partial charge in [0.15, 0.2) is 4.96 Å². The molecule has 2 aromatic heterocycles. The quantitative estimate of drug-likeness (QED) is 0.447. The molecule has 5 nitrogen and oxygen atoms in total. The largest absolute Gasteiger partial charge is 0.335 e. The molecule has 1 amide bonds. The minimum absolute atomic E-state index is 0.0267. The maximum absolute atomic E-state index is 13.2. The van der Waals surface area contributed by atoms with Crippen LogP contribution in [-0.2, 0) is 0 Å². The summed E-state index contributed by atoms with van der Waals surface area (Å²) in [4.78, 5) is 22.8. The number of thiazole rings is 1. The standard InChI is InChI=1S/C25H23FN4OS/c26-21-10-8-20(9-11-21)22-17-30-23(18-32-25(30)27-22)24(31)29-15-13-28(14-16-29)12-4-7-19-5-2-1-3-6-19/h1-11,17-18H,12-16H2/b7-4+. The number of nitrogens with zero attached hydrogens (tertiary/aromatic N) is 4. The number of piperazine rings is 1. The molecule has 0 aliphatic carbocycles. The van der Waals surface area contributed by atoms with Gasteiger partial charge >= 0.3 is 0 Å². The molecule has 162 valence electrons. The van der Waals surface area contributed by atoms with Crippen LogP contribution < -0.4 is 0 Å². The Kier molecular flexibility index (Phi) is 5.83. The number of fused-ring (bicyclic) bond motifs is 1. The lowest BCUT2D eigenvalue weighted by atomic mass is 10.2. The van der Waals surface area contributed by atoms with Gasteiger partial charge in [-0.05, 0) is 29.8 Å². The minimum Gasteiger partial charge on any atom is -0.335 e. The van der Waals surface area contributed by atoms with E-state index in [1.165, 1.54) is 29.0 Å². The molecular weight excluding hydrogens is 423 g/mol. The number of hydrogen-bond acceptors (Lipinski definition) is 4. The Morgan fingerprint density at radius 3 is 2.53 bits per heavy atom. The molecule has 0 radical (unpaired) electrons. The number of benzene rings is 2. The molecule has 1 fully saturated rings. The first kappa shape index (κ1) is 20.6. The minimum atomic E-state index is -0.277. The zero-order chi connectivity index (χ0) is 21.9. The monoisotopic (exact) mass is 446 g/mol. The van der Waals surface area contributed by atoms with E-state index in [1.54, 1.807) is 12.1 Å². The highest BCUT2D eigenvalue weighted by Gasteiger charge is 2.24. The number of aromatic nitrogens is 2. The second kappa shape index (κ2) is 9.06. The van der Waals surface area contributed by atoms with Crippen molar-refractivity contribution in [3.8, 4) is 11.3 Å². The summed E-state index contributed by atoms with van der Waals surface area (Å²) in [6.45, 7) is 3.98. The predicted octanol–water partition coefficient (Wildman–Crippen LogP) is 4.67. The van der Waals surface area contributed by atoms with Crippen LogP contribution in [-0.4, -0.2) is 57.8 Å². The highest BCUT2D eigenvalue weighted by Crippen LogP contribution is 2.25. The van der Waals surface area contributed by atoms with Gasteiger partial charge in [-0.3, -0.25) is 14.1 Å². The highest BCUT2D eigenvalue weighted by molar-refractivity contribution is 7.15. The van der Waals surface area contributed by atoms with E-state index >= 15 is 0 Å². The highest BCUT2D eigenvalue weighted by atomic mass is 32.1. The normalized spacial score (nSPS) is 15.1. The molecule has 0 saturated carbocycles. The molecule has 1 aliphatic rings. The van der Waals surface area contributed by atoms with Crippen LogP contribution in [0, 0.1) is 5.82 Å². The molecule has 2 aromatic carbocycles. The molecule has 7 heteroatoms. The van der Waals surface area contributed by atoms with Crippen LogP contribution in [0.5, 0.6) is 0 Å². The van der Waals surface area contributed by atoms with Crippen LogP contribution >= 0.6 is 11.3 Å². The number of rotatable bonds is 5. The van der Waals surface area contributed by atoms with Crippen molar-refractivity contribution in [2.45, 2.75) is 0 Å². The molecule has 0 N–H and O–H groups in total. The third-order valence-corrected chi connectivity index (χ3v) is 6.54. The summed E-state index contributed by atoms with van der Waals surface area (Å²) in [5, 5.41) is 1.87. The topological polar surface area (TPSA) is 40.9 Å². The van der Waals surface area contributed by atoms with Crippen LogP contribution in [0.25, 0.3) is 22.3 Å². The van der Waals surface area contributed by atoms with Gasteiger partial charge in [-0.15, -0.1) is 11.3 Å². The lowest BCUT2D eigenvalue weighted by Crippen LogP contribution is -2.48. The van der Waals surface area contributed by atoms with Crippen LogP contribution in [0.1, 0.15) is 16.1 Å². The van der Waals surface area contributed by atoms with Crippen molar-refractivity contribution in [1.29, 1.82) is 0 Å². The summed E-state index contributed by atoms with van der Waals surface area (Å²) in [5.74, 6) is -0.251. The summed E-state index contributed by atoms with van der Waals surface area (Å²) in [6.07, 6.45) is 6.17. The summed E-state index contributed by atoms with van der Waals surface area (Å²) < 4.78 is 15.1. The van der Waals surface area contributed by atoms with Gasteiger partial charge in [0, 0.05) is 49.9 Å². The Morgan fingerprint density at radius 2 is 1.78 bits per heavy atom. The lowest BCUT2D eigenvalue weighted by Gasteiger charge is -2.34. The Morgan fingerprint density at radius 1 is 1.03 bits per heavy atom. The molecule has 0 unspecified atom stereocenters. The second-order valence-electron chi connectivity index (χ2n) is 7.81. The van der Waals surface area contributed by atoms with Crippen molar-refractivity contribution in [2.24, 2.45) is 0 Å². The predicted molar refractivity (Wildman–Crippen MR) is 126 cm³/mol. The zero-order valence-corrected chi connectivity index (χ0v) is 18.3. The van der Waals surface area contributed by atoms with Crippen molar-refractivity contribution in [2.75, 3.05) is 32.7 Å². The average molecular weight is 447 g/mol. The second-order valence-corrected chi connectivity index (χ2v) is 8.65. The number of amides is 1. The molecule has 0 atom stereocenters. The molecule has 1 aliphatic heterocycles. The molecular formula is C25H23FN4OS. The van der Waals surface area contributed by atoms with Gasteiger partial charge in [0.2, 0.25) is 0 Å².